The summed E-state index contributed by atoms with van der Waals surface area (Å²) >= 11 is 9.54. The Hall–Kier alpha value is -0.470. The summed E-state index contributed by atoms with van der Waals surface area (Å²) < 4.78 is 1.09. The molecule has 2 aliphatic carbocycles. The van der Waals surface area contributed by atoms with Gasteiger partial charge in [-0.3, -0.25) is 0 Å². The van der Waals surface area contributed by atoms with Crippen molar-refractivity contribution < 1.29 is 0 Å². The summed E-state index contributed by atoms with van der Waals surface area (Å²) in [6.45, 7) is 0. The van der Waals surface area contributed by atoms with Crippen molar-refractivity contribution in [2.24, 2.45) is 11.8 Å². The van der Waals surface area contributed by atoms with Gasteiger partial charge in [-0.1, -0.05) is 23.8 Å². The molecular weight excluding hydrogens is 286 g/mol. The fourth-order valence-electron chi connectivity index (χ4n) is 2.69. The number of halogens is 2. The maximum absolute atomic E-state index is 6.00. The summed E-state index contributed by atoms with van der Waals surface area (Å²) in [7, 11) is 0. The van der Waals surface area contributed by atoms with Crippen molar-refractivity contribution in [1.82, 2.24) is 0 Å². The first-order chi connectivity index (χ1) is 7.74. The Morgan fingerprint density at radius 2 is 2.25 bits per heavy atom. The van der Waals surface area contributed by atoms with Crippen LogP contribution in [0.1, 0.15) is 12.8 Å². The third kappa shape index (κ3) is 1.78. The SMILES string of the molecule is Clc1ccc(Br)c(NC2CC3CC=CC32)c1. The van der Waals surface area contributed by atoms with Crippen molar-refractivity contribution in [2.75, 3.05) is 5.32 Å². The number of rotatable bonds is 2. The highest BCUT2D eigenvalue weighted by atomic mass is 79.9. The van der Waals surface area contributed by atoms with Crippen molar-refractivity contribution in [3.63, 3.8) is 0 Å². The van der Waals surface area contributed by atoms with Gasteiger partial charge in [0.2, 0.25) is 0 Å². The fourth-order valence-corrected chi connectivity index (χ4v) is 3.22. The lowest BCUT2D eigenvalue weighted by atomic mass is 9.71. The van der Waals surface area contributed by atoms with E-state index in [2.05, 4.69) is 33.4 Å². The first-order valence-electron chi connectivity index (χ1n) is 5.62. The molecule has 0 aliphatic heterocycles. The zero-order valence-corrected chi connectivity index (χ0v) is 11.1. The van der Waals surface area contributed by atoms with Crippen LogP contribution in [0.25, 0.3) is 0 Å². The van der Waals surface area contributed by atoms with Crippen LogP contribution in [-0.4, -0.2) is 6.04 Å². The van der Waals surface area contributed by atoms with Gasteiger partial charge in [0.05, 0.1) is 5.69 Å². The molecule has 3 unspecified atom stereocenters. The lowest BCUT2D eigenvalue weighted by Crippen LogP contribution is -2.43. The lowest BCUT2D eigenvalue weighted by molar-refractivity contribution is 0.218. The molecule has 3 atom stereocenters. The highest BCUT2D eigenvalue weighted by Gasteiger charge is 2.40. The van der Waals surface area contributed by atoms with Gasteiger partial charge in [0.15, 0.2) is 0 Å². The molecule has 0 radical (unpaired) electrons. The molecule has 16 heavy (non-hydrogen) atoms. The fraction of sp³-hybridized carbons (Fsp3) is 0.385. The largest absolute Gasteiger partial charge is 0.381 e. The molecule has 0 aromatic heterocycles. The minimum atomic E-state index is 0.582. The molecule has 1 N–H and O–H groups in total. The first kappa shape index (κ1) is 10.7. The molecule has 0 amide bonds. The molecule has 2 aliphatic rings. The first-order valence-corrected chi connectivity index (χ1v) is 6.79. The van der Waals surface area contributed by atoms with E-state index >= 15 is 0 Å². The van der Waals surface area contributed by atoms with Gasteiger partial charge in [0, 0.05) is 21.5 Å². The second kappa shape index (κ2) is 4.08. The van der Waals surface area contributed by atoms with Gasteiger partial charge < -0.3 is 5.32 Å². The van der Waals surface area contributed by atoms with Gasteiger partial charge in [-0.15, -0.1) is 0 Å². The second-order valence-corrected chi connectivity index (χ2v) is 5.90. The predicted octanol–water partition coefficient (Wildman–Crippen LogP) is 4.48. The topological polar surface area (TPSA) is 12.0 Å². The number of hydrogen-bond donors (Lipinski definition) is 1. The molecule has 3 rings (SSSR count). The zero-order valence-electron chi connectivity index (χ0n) is 8.79. The van der Waals surface area contributed by atoms with Gasteiger partial charge in [-0.05, 0) is 52.9 Å². The van der Waals surface area contributed by atoms with E-state index in [-0.39, 0.29) is 0 Å². The quantitative estimate of drug-likeness (QED) is 0.794. The Bertz CT molecular complexity index is 444. The maximum atomic E-state index is 6.00. The average molecular weight is 299 g/mol. The Balaban J connectivity index is 1.75. The third-order valence-electron chi connectivity index (χ3n) is 3.63. The number of benzene rings is 1. The number of allylic oxidation sites excluding steroid dienone is 1. The van der Waals surface area contributed by atoms with Crippen molar-refractivity contribution in [3.05, 3.63) is 39.8 Å². The molecule has 1 saturated carbocycles. The Morgan fingerprint density at radius 3 is 3.06 bits per heavy atom. The Kier molecular flexibility index (Phi) is 2.72. The summed E-state index contributed by atoms with van der Waals surface area (Å²) in [5, 5.41) is 4.36. The summed E-state index contributed by atoms with van der Waals surface area (Å²) in [6, 6.07) is 6.46. The number of anilines is 1. The van der Waals surface area contributed by atoms with Gasteiger partial charge in [0.25, 0.3) is 0 Å². The number of hydrogen-bond acceptors (Lipinski definition) is 1. The summed E-state index contributed by atoms with van der Waals surface area (Å²) in [4.78, 5) is 0. The smallest absolute Gasteiger partial charge is 0.0501 e. The van der Waals surface area contributed by atoms with Gasteiger partial charge in [-0.25, -0.2) is 0 Å². The molecule has 0 spiro atoms. The summed E-state index contributed by atoms with van der Waals surface area (Å²) in [5.41, 5.74) is 1.11. The summed E-state index contributed by atoms with van der Waals surface area (Å²) in [6.07, 6.45) is 7.20. The van der Waals surface area contributed by atoms with Crippen LogP contribution in [0.4, 0.5) is 5.69 Å². The van der Waals surface area contributed by atoms with Crippen LogP contribution in [0.2, 0.25) is 5.02 Å². The van der Waals surface area contributed by atoms with Gasteiger partial charge in [0.1, 0.15) is 0 Å². The van der Waals surface area contributed by atoms with Gasteiger partial charge in [-0.2, -0.15) is 0 Å². The van der Waals surface area contributed by atoms with E-state index in [1.54, 1.807) is 0 Å². The molecule has 1 nitrogen and oxygen atoms in total. The average Bonchev–Trinajstić information content (AvgIpc) is 2.61. The lowest BCUT2D eigenvalue weighted by Gasteiger charge is -2.41. The van der Waals surface area contributed by atoms with Crippen LogP contribution in [0.15, 0.2) is 34.8 Å². The molecule has 1 aromatic rings. The van der Waals surface area contributed by atoms with E-state index in [4.69, 9.17) is 11.6 Å². The molecule has 84 valence electrons. The molecule has 0 saturated heterocycles. The van der Waals surface area contributed by atoms with Crippen LogP contribution in [0.3, 0.4) is 0 Å². The predicted molar refractivity (Wildman–Crippen MR) is 71.9 cm³/mol. The van der Waals surface area contributed by atoms with Crippen LogP contribution >= 0.6 is 27.5 Å². The maximum Gasteiger partial charge on any atom is 0.0501 e. The molecule has 1 aromatic carbocycles. The molecule has 1 fully saturated rings. The standard InChI is InChI=1S/C13H13BrClN/c14-11-5-4-9(15)7-13(11)16-12-6-8-2-1-3-10(8)12/h1,3-5,7-8,10,12,16H,2,6H2. The highest BCUT2D eigenvalue weighted by molar-refractivity contribution is 9.10. The van der Waals surface area contributed by atoms with E-state index in [0.29, 0.717) is 6.04 Å². The van der Waals surface area contributed by atoms with Crippen molar-refractivity contribution >= 4 is 33.2 Å². The van der Waals surface area contributed by atoms with E-state index in [9.17, 15) is 0 Å². The minimum absolute atomic E-state index is 0.582. The summed E-state index contributed by atoms with van der Waals surface area (Å²) in [5.74, 6) is 1.61. The molecule has 0 bridgehead atoms. The Labute approximate surface area is 109 Å². The van der Waals surface area contributed by atoms with Crippen LogP contribution in [0, 0.1) is 11.8 Å². The molecule has 3 heteroatoms. The van der Waals surface area contributed by atoms with Crippen LogP contribution in [0.5, 0.6) is 0 Å². The number of fused-ring (bicyclic) bond motifs is 1. The zero-order chi connectivity index (χ0) is 11.1. The van der Waals surface area contributed by atoms with Crippen molar-refractivity contribution in [2.45, 2.75) is 18.9 Å². The van der Waals surface area contributed by atoms with Crippen LogP contribution < -0.4 is 5.32 Å². The third-order valence-corrected chi connectivity index (χ3v) is 4.56. The monoisotopic (exact) mass is 297 g/mol. The Morgan fingerprint density at radius 1 is 1.38 bits per heavy atom. The van der Waals surface area contributed by atoms with E-state index in [0.717, 1.165) is 27.0 Å². The highest BCUT2D eigenvalue weighted by Crippen LogP contribution is 2.44. The van der Waals surface area contributed by atoms with E-state index < -0.39 is 0 Å². The molecular formula is C13H13BrClN. The van der Waals surface area contributed by atoms with Gasteiger partial charge >= 0.3 is 0 Å². The van der Waals surface area contributed by atoms with E-state index in [1.165, 1.54) is 12.8 Å². The van der Waals surface area contributed by atoms with Crippen molar-refractivity contribution in [1.29, 1.82) is 0 Å². The number of nitrogens with one attached hydrogen (secondary N) is 1. The normalized spacial score (nSPS) is 31.0. The minimum Gasteiger partial charge on any atom is -0.381 e. The second-order valence-electron chi connectivity index (χ2n) is 4.61. The van der Waals surface area contributed by atoms with E-state index in [1.807, 2.05) is 18.2 Å². The van der Waals surface area contributed by atoms with Crippen molar-refractivity contribution in [3.8, 4) is 0 Å². The van der Waals surface area contributed by atoms with Crippen LogP contribution in [-0.2, 0) is 0 Å². The molecule has 0 heterocycles.